The van der Waals surface area contributed by atoms with Crippen LogP contribution in [0.5, 0.6) is 0 Å². The average Bonchev–Trinajstić information content (AvgIpc) is 2.33. The van der Waals surface area contributed by atoms with Gasteiger partial charge in [-0.15, -0.1) is 0 Å². The molecule has 1 aliphatic rings. The van der Waals surface area contributed by atoms with Crippen LogP contribution in [0.1, 0.15) is 25.7 Å². The lowest BCUT2D eigenvalue weighted by molar-refractivity contribution is -0.143. The predicted molar refractivity (Wildman–Crippen MR) is 66.8 cm³/mol. The number of methoxy groups -OCH3 is 2. The van der Waals surface area contributed by atoms with Crippen LogP contribution in [0.4, 0.5) is 0 Å². The molecule has 5 heteroatoms. The standard InChI is InChI=1S/C13H22N2O3/c1-17-9-4-7-15(8-10-18-2)12(16)13(11-14)5-3-6-13/h3-10H2,1-2H3. The van der Waals surface area contributed by atoms with E-state index in [1.165, 1.54) is 0 Å². The number of amides is 1. The quantitative estimate of drug-likeness (QED) is 0.610. The van der Waals surface area contributed by atoms with Gasteiger partial charge in [0.15, 0.2) is 0 Å². The van der Waals surface area contributed by atoms with Gasteiger partial charge in [0, 0.05) is 33.9 Å². The second kappa shape index (κ2) is 7.34. The summed E-state index contributed by atoms with van der Waals surface area (Å²) < 4.78 is 10.0. The highest BCUT2D eigenvalue weighted by atomic mass is 16.5. The van der Waals surface area contributed by atoms with E-state index in [0.717, 1.165) is 12.8 Å². The van der Waals surface area contributed by atoms with E-state index in [-0.39, 0.29) is 5.91 Å². The molecule has 1 rings (SSSR count). The van der Waals surface area contributed by atoms with Crippen LogP contribution in [0.2, 0.25) is 0 Å². The van der Waals surface area contributed by atoms with E-state index in [1.807, 2.05) is 0 Å². The van der Waals surface area contributed by atoms with Crippen molar-refractivity contribution in [3.8, 4) is 6.07 Å². The van der Waals surface area contributed by atoms with Gasteiger partial charge in [-0.25, -0.2) is 0 Å². The van der Waals surface area contributed by atoms with Crippen molar-refractivity contribution in [2.45, 2.75) is 25.7 Å². The Balaban J connectivity index is 2.57. The van der Waals surface area contributed by atoms with Crippen molar-refractivity contribution in [3.63, 3.8) is 0 Å². The maximum absolute atomic E-state index is 12.4. The van der Waals surface area contributed by atoms with Gasteiger partial charge in [0.2, 0.25) is 5.91 Å². The lowest BCUT2D eigenvalue weighted by Gasteiger charge is -2.38. The van der Waals surface area contributed by atoms with Crippen LogP contribution >= 0.6 is 0 Å². The minimum absolute atomic E-state index is 0.0376. The van der Waals surface area contributed by atoms with Crippen LogP contribution in [-0.4, -0.2) is 51.3 Å². The Morgan fingerprint density at radius 3 is 2.39 bits per heavy atom. The maximum Gasteiger partial charge on any atom is 0.243 e. The Labute approximate surface area is 109 Å². The maximum atomic E-state index is 12.4. The first-order valence-electron chi connectivity index (χ1n) is 6.38. The normalized spacial score (nSPS) is 16.7. The van der Waals surface area contributed by atoms with Crippen molar-refractivity contribution in [1.29, 1.82) is 5.26 Å². The number of rotatable bonds is 8. The Morgan fingerprint density at radius 2 is 1.94 bits per heavy atom. The van der Waals surface area contributed by atoms with Crippen LogP contribution in [-0.2, 0) is 14.3 Å². The second-order valence-electron chi connectivity index (χ2n) is 4.68. The number of hydrogen-bond acceptors (Lipinski definition) is 4. The van der Waals surface area contributed by atoms with Gasteiger partial charge in [-0.05, 0) is 25.7 Å². The smallest absolute Gasteiger partial charge is 0.243 e. The van der Waals surface area contributed by atoms with Crippen molar-refractivity contribution >= 4 is 5.91 Å². The third-order valence-electron chi connectivity index (χ3n) is 3.46. The number of ether oxygens (including phenoxy) is 2. The van der Waals surface area contributed by atoms with E-state index in [0.29, 0.717) is 39.1 Å². The van der Waals surface area contributed by atoms with Gasteiger partial charge in [-0.2, -0.15) is 5.26 Å². The van der Waals surface area contributed by atoms with Crippen molar-refractivity contribution in [3.05, 3.63) is 0 Å². The van der Waals surface area contributed by atoms with E-state index in [1.54, 1.807) is 19.1 Å². The Morgan fingerprint density at radius 1 is 1.28 bits per heavy atom. The highest BCUT2D eigenvalue weighted by molar-refractivity contribution is 5.86. The van der Waals surface area contributed by atoms with Gasteiger partial charge < -0.3 is 14.4 Å². The van der Waals surface area contributed by atoms with Gasteiger partial charge >= 0.3 is 0 Å². The summed E-state index contributed by atoms with van der Waals surface area (Å²) in [7, 11) is 3.26. The molecule has 18 heavy (non-hydrogen) atoms. The molecule has 5 nitrogen and oxygen atoms in total. The summed E-state index contributed by atoms with van der Waals surface area (Å²) in [4.78, 5) is 14.1. The summed E-state index contributed by atoms with van der Waals surface area (Å²) in [5, 5.41) is 9.20. The van der Waals surface area contributed by atoms with Gasteiger partial charge in [-0.3, -0.25) is 4.79 Å². The van der Waals surface area contributed by atoms with Crippen LogP contribution < -0.4 is 0 Å². The van der Waals surface area contributed by atoms with Gasteiger partial charge in [0.05, 0.1) is 12.7 Å². The fourth-order valence-electron chi connectivity index (χ4n) is 2.12. The lowest BCUT2D eigenvalue weighted by atomic mass is 9.69. The van der Waals surface area contributed by atoms with Crippen LogP contribution in [0, 0.1) is 16.7 Å². The van der Waals surface area contributed by atoms with Crippen LogP contribution in [0.3, 0.4) is 0 Å². The summed E-state index contributed by atoms with van der Waals surface area (Å²) in [6, 6.07) is 2.20. The zero-order valence-corrected chi connectivity index (χ0v) is 11.3. The van der Waals surface area contributed by atoms with Gasteiger partial charge in [0.25, 0.3) is 0 Å². The zero-order chi connectivity index (χ0) is 13.4. The molecule has 0 bridgehead atoms. The Kier molecular flexibility index (Phi) is 6.10. The lowest BCUT2D eigenvalue weighted by Crippen LogP contribution is -2.48. The summed E-state index contributed by atoms with van der Waals surface area (Å²) in [5.41, 5.74) is -0.763. The van der Waals surface area contributed by atoms with E-state index in [4.69, 9.17) is 9.47 Å². The fourth-order valence-corrected chi connectivity index (χ4v) is 2.12. The fraction of sp³-hybridized carbons (Fsp3) is 0.846. The molecule has 0 saturated heterocycles. The molecule has 0 spiro atoms. The third kappa shape index (κ3) is 3.44. The summed E-state index contributed by atoms with van der Waals surface area (Å²) in [5.74, 6) is -0.0376. The van der Waals surface area contributed by atoms with Crippen molar-refractivity contribution in [2.75, 3.05) is 40.5 Å². The summed E-state index contributed by atoms with van der Waals surface area (Å²) in [6.45, 7) is 2.29. The second-order valence-corrected chi connectivity index (χ2v) is 4.68. The van der Waals surface area contributed by atoms with Gasteiger partial charge in [-0.1, -0.05) is 0 Å². The molecule has 0 radical (unpaired) electrons. The molecule has 0 aromatic carbocycles. The highest BCUT2D eigenvalue weighted by Gasteiger charge is 2.46. The molecule has 102 valence electrons. The van der Waals surface area contributed by atoms with E-state index in [9.17, 15) is 10.1 Å². The zero-order valence-electron chi connectivity index (χ0n) is 11.3. The van der Waals surface area contributed by atoms with Crippen molar-refractivity contribution in [2.24, 2.45) is 5.41 Å². The van der Waals surface area contributed by atoms with Gasteiger partial charge in [0.1, 0.15) is 5.41 Å². The predicted octanol–water partition coefficient (Wildman–Crippen LogP) is 1.19. The SMILES string of the molecule is COCCCN(CCOC)C(=O)C1(C#N)CCC1. The number of nitrogens with zero attached hydrogens (tertiary/aromatic N) is 2. The monoisotopic (exact) mass is 254 g/mol. The number of carbonyl (C=O) groups is 1. The van der Waals surface area contributed by atoms with Crippen LogP contribution in [0.25, 0.3) is 0 Å². The molecule has 1 aliphatic carbocycles. The molecule has 0 unspecified atom stereocenters. The largest absolute Gasteiger partial charge is 0.385 e. The van der Waals surface area contributed by atoms with E-state index >= 15 is 0 Å². The highest BCUT2D eigenvalue weighted by Crippen LogP contribution is 2.41. The molecule has 0 atom stereocenters. The number of nitriles is 1. The third-order valence-corrected chi connectivity index (χ3v) is 3.46. The Bertz CT molecular complexity index is 308. The first-order chi connectivity index (χ1) is 8.70. The topological polar surface area (TPSA) is 62.6 Å². The van der Waals surface area contributed by atoms with E-state index < -0.39 is 5.41 Å². The molecule has 1 fully saturated rings. The summed E-state index contributed by atoms with van der Waals surface area (Å²) >= 11 is 0. The molecule has 1 saturated carbocycles. The molecular formula is C13H22N2O3. The van der Waals surface area contributed by atoms with E-state index in [2.05, 4.69) is 6.07 Å². The minimum Gasteiger partial charge on any atom is -0.385 e. The Hall–Kier alpha value is -1.12. The molecule has 0 aromatic rings. The minimum atomic E-state index is -0.763. The summed E-state index contributed by atoms with van der Waals surface area (Å²) in [6.07, 6.45) is 3.13. The molecular weight excluding hydrogens is 232 g/mol. The molecule has 0 N–H and O–H groups in total. The first-order valence-corrected chi connectivity index (χ1v) is 6.38. The number of carbonyl (C=O) groups excluding carboxylic acids is 1. The number of hydrogen-bond donors (Lipinski definition) is 0. The average molecular weight is 254 g/mol. The van der Waals surface area contributed by atoms with Crippen LogP contribution in [0.15, 0.2) is 0 Å². The van der Waals surface area contributed by atoms with Crippen molar-refractivity contribution < 1.29 is 14.3 Å². The van der Waals surface area contributed by atoms with Crippen molar-refractivity contribution in [1.82, 2.24) is 4.90 Å². The molecule has 1 amide bonds. The molecule has 0 aliphatic heterocycles. The first kappa shape index (κ1) is 14.9. The molecule has 0 aromatic heterocycles. The molecule has 0 heterocycles.